The number of aryl methyl sites for hydroxylation is 1. The summed E-state index contributed by atoms with van der Waals surface area (Å²) in [5, 5.41) is 14.6. The standard InChI is InChI=1S/C17H14Br2N2O4S/c1-8-4-3-5-10(14(8)25-2)15(22)21-17(26)20-13-11(16(23)24)6-9(18)7-12(13)19/h3-7H,1-2H3,(H,23,24)(H2,20,21,22,26). The molecule has 9 heteroatoms. The number of hydrogen-bond donors (Lipinski definition) is 3. The molecule has 0 unspecified atom stereocenters. The summed E-state index contributed by atoms with van der Waals surface area (Å²) in [4.78, 5) is 23.9. The lowest BCUT2D eigenvalue weighted by atomic mass is 10.1. The van der Waals surface area contributed by atoms with Gasteiger partial charge in [-0.25, -0.2) is 4.79 Å². The Morgan fingerprint density at radius 2 is 1.88 bits per heavy atom. The summed E-state index contributed by atoms with van der Waals surface area (Å²) in [6.07, 6.45) is 0. The van der Waals surface area contributed by atoms with Crippen LogP contribution in [0.3, 0.4) is 0 Å². The molecule has 2 aromatic carbocycles. The van der Waals surface area contributed by atoms with Gasteiger partial charge in [-0.05, 0) is 58.8 Å². The van der Waals surface area contributed by atoms with Gasteiger partial charge in [0.15, 0.2) is 5.11 Å². The average molecular weight is 502 g/mol. The molecule has 136 valence electrons. The van der Waals surface area contributed by atoms with Crippen LogP contribution in [0.25, 0.3) is 0 Å². The fourth-order valence-corrected chi connectivity index (χ4v) is 3.81. The lowest BCUT2D eigenvalue weighted by Crippen LogP contribution is -2.35. The van der Waals surface area contributed by atoms with E-state index in [2.05, 4.69) is 42.5 Å². The van der Waals surface area contributed by atoms with Crippen LogP contribution in [0.2, 0.25) is 0 Å². The Morgan fingerprint density at radius 1 is 1.19 bits per heavy atom. The number of ether oxygens (including phenoxy) is 1. The third kappa shape index (κ3) is 4.60. The van der Waals surface area contributed by atoms with Crippen molar-refractivity contribution in [1.82, 2.24) is 5.32 Å². The number of methoxy groups -OCH3 is 1. The minimum absolute atomic E-state index is 0.00372. The highest BCUT2D eigenvalue weighted by atomic mass is 79.9. The Labute approximate surface area is 172 Å². The number of carbonyl (C=O) groups is 2. The van der Waals surface area contributed by atoms with Crippen LogP contribution in [0.1, 0.15) is 26.3 Å². The van der Waals surface area contributed by atoms with E-state index in [1.807, 2.05) is 13.0 Å². The van der Waals surface area contributed by atoms with Crippen molar-refractivity contribution in [2.75, 3.05) is 12.4 Å². The molecule has 0 aliphatic carbocycles. The predicted molar refractivity (Wildman–Crippen MR) is 110 cm³/mol. The monoisotopic (exact) mass is 500 g/mol. The largest absolute Gasteiger partial charge is 0.496 e. The van der Waals surface area contributed by atoms with E-state index in [9.17, 15) is 14.7 Å². The van der Waals surface area contributed by atoms with E-state index in [1.165, 1.54) is 13.2 Å². The van der Waals surface area contributed by atoms with Crippen LogP contribution in [0, 0.1) is 6.92 Å². The fraction of sp³-hybridized carbons (Fsp3) is 0.118. The fourth-order valence-electron chi connectivity index (χ4n) is 2.29. The molecule has 26 heavy (non-hydrogen) atoms. The van der Waals surface area contributed by atoms with Crippen LogP contribution in [0.5, 0.6) is 5.75 Å². The van der Waals surface area contributed by atoms with Gasteiger partial charge < -0.3 is 15.2 Å². The second-order valence-corrected chi connectivity index (χ2v) is 7.36. The molecule has 3 N–H and O–H groups in total. The number of benzene rings is 2. The van der Waals surface area contributed by atoms with Gasteiger partial charge in [0.1, 0.15) is 5.75 Å². The highest BCUT2D eigenvalue weighted by Crippen LogP contribution is 2.31. The Balaban J connectivity index is 2.24. The maximum atomic E-state index is 12.5. The van der Waals surface area contributed by atoms with E-state index in [0.29, 0.717) is 20.3 Å². The molecule has 0 bridgehead atoms. The smallest absolute Gasteiger partial charge is 0.337 e. The number of halogens is 2. The summed E-state index contributed by atoms with van der Waals surface area (Å²) in [5.41, 5.74) is 1.37. The van der Waals surface area contributed by atoms with E-state index in [4.69, 9.17) is 17.0 Å². The van der Waals surface area contributed by atoms with Gasteiger partial charge >= 0.3 is 5.97 Å². The molecule has 2 aromatic rings. The minimum atomic E-state index is -1.14. The molecule has 0 radical (unpaired) electrons. The third-order valence-electron chi connectivity index (χ3n) is 3.41. The maximum absolute atomic E-state index is 12.5. The van der Waals surface area contributed by atoms with Crippen LogP contribution >= 0.6 is 44.1 Å². The molecule has 2 rings (SSSR count). The van der Waals surface area contributed by atoms with Crippen LogP contribution in [-0.2, 0) is 0 Å². The number of amides is 1. The van der Waals surface area contributed by atoms with Crippen molar-refractivity contribution in [1.29, 1.82) is 0 Å². The number of carboxylic acid groups (broad SMARTS) is 1. The summed E-state index contributed by atoms with van der Waals surface area (Å²) in [5.74, 6) is -1.15. The molecule has 0 aliphatic rings. The first kappa shape index (κ1) is 20.3. The molecular weight excluding hydrogens is 488 g/mol. The number of anilines is 1. The molecule has 0 aromatic heterocycles. The summed E-state index contributed by atoms with van der Waals surface area (Å²) in [7, 11) is 1.48. The Kier molecular flexibility index (Phi) is 6.74. The van der Waals surface area contributed by atoms with Gasteiger partial charge in [-0.15, -0.1) is 0 Å². The van der Waals surface area contributed by atoms with Crippen molar-refractivity contribution in [3.05, 3.63) is 56.0 Å². The number of carboxylic acids is 1. The van der Waals surface area contributed by atoms with Gasteiger partial charge in [0.2, 0.25) is 0 Å². The molecule has 0 saturated heterocycles. The van der Waals surface area contributed by atoms with Crippen molar-refractivity contribution in [2.45, 2.75) is 6.92 Å². The van der Waals surface area contributed by atoms with Crippen LogP contribution in [0.4, 0.5) is 5.69 Å². The van der Waals surface area contributed by atoms with Crippen molar-refractivity contribution in [3.8, 4) is 5.75 Å². The van der Waals surface area contributed by atoms with Gasteiger partial charge in [-0.2, -0.15) is 0 Å². The van der Waals surface area contributed by atoms with Gasteiger partial charge in [-0.3, -0.25) is 10.1 Å². The Bertz CT molecular complexity index is 903. The molecule has 6 nitrogen and oxygen atoms in total. The van der Waals surface area contributed by atoms with Gasteiger partial charge in [0.25, 0.3) is 5.91 Å². The predicted octanol–water partition coefficient (Wildman–Crippen LogP) is 4.35. The number of aromatic carboxylic acids is 1. The van der Waals surface area contributed by atoms with E-state index in [1.54, 1.807) is 18.2 Å². The van der Waals surface area contributed by atoms with E-state index < -0.39 is 11.9 Å². The van der Waals surface area contributed by atoms with Crippen molar-refractivity contribution in [2.24, 2.45) is 0 Å². The first-order chi connectivity index (χ1) is 12.2. The van der Waals surface area contributed by atoms with Crippen LogP contribution in [-0.4, -0.2) is 29.2 Å². The quantitative estimate of drug-likeness (QED) is 0.540. The SMILES string of the molecule is COc1c(C)cccc1C(=O)NC(=S)Nc1c(Br)cc(Br)cc1C(=O)O. The number of thiocarbonyl (C=S) groups is 1. The number of nitrogens with one attached hydrogen (secondary N) is 2. The number of carbonyl (C=O) groups excluding carboxylic acids is 1. The molecule has 0 saturated carbocycles. The zero-order chi connectivity index (χ0) is 19.4. The molecule has 0 spiro atoms. The van der Waals surface area contributed by atoms with E-state index in [0.717, 1.165) is 5.56 Å². The topological polar surface area (TPSA) is 87.7 Å². The first-order valence-electron chi connectivity index (χ1n) is 7.23. The Hall–Kier alpha value is -1.97. The lowest BCUT2D eigenvalue weighted by Gasteiger charge is -2.15. The van der Waals surface area contributed by atoms with E-state index >= 15 is 0 Å². The average Bonchev–Trinajstić information content (AvgIpc) is 2.56. The van der Waals surface area contributed by atoms with Gasteiger partial charge in [0, 0.05) is 8.95 Å². The first-order valence-corrected chi connectivity index (χ1v) is 9.22. The molecule has 1 amide bonds. The minimum Gasteiger partial charge on any atom is -0.496 e. The van der Waals surface area contributed by atoms with Gasteiger partial charge in [0.05, 0.1) is 23.9 Å². The lowest BCUT2D eigenvalue weighted by molar-refractivity contribution is 0.0697. The van der Waals surface area contributed by atoms with Crippen LogP contribution < -0.4 is 15.4 Å². The Morgan fingerprint density at radius 3 is 2.50 bits per heavy atom. The summed E-state index contributed by atoms with van der Waals surface area (Å²) in [6, 6.07) is 8.27. The molecular formula is C17H14Br2N2O4S. The summed E-state index contributed by atoms with van der Waals surface area (Å²) in [6.45, 7) is 1.82. The molecule has 0 aliphatic heterocycles. The van der Waals surface area contributed by atoms with E-state index in [-0.39, 0.29) is 16.4 Å². The second-order valence-electron chi connectivity index (χ2n) is 5.18. The van der Waals surface area contributed by atoms with Crippen molar-refractivity contribution >= 4 is 66.8 Å². The van der Waals surface area contributed by atoms with Crippen molar-refractivity contribution < 1.29 is 19.4 Å². The number of hydrogen-bond acceptors (Lipinski definition) is 4. The molecule has 0 atom stereocenters. The highest BCUT2D eigenvalue weighted by Gasteiger charge is 2.18. The summed E-state index contributed by atoms with van der Waals surface area (Å²) < 4.78 is 6.34. The second kappa shape index (κ2) is 8.61. The normalized spacial score (nSPS) is 10.2. The third-order valence-corrected chi connectivity index (χ3v) is 4.70. The zero-order valence-electron chi connectivity index (χ0n) is 13.7. The number of rotatable bonds is 4. The highest BCUT2D eigenvalue weighted by molar-refractivity contribution is 9.11. The van der Waals surface area contributed by atoms with Gasteiger partial charge in [-0.1, -0.05) is 28.1 Å². The number of para-hydroxylation sites is 1. The maximum Gasteiger partial charge on any atom is 0.337 e. The zero-order valence-corrected chi connectivity index (χ0v) is 17.7. The van der Waals surface area contributed by atoms with Crippen LogP contribution in [0.15, 0.2) is 39.3 Å². The molecule has 0 fully saturated rings. The summed E-state index contributed by atoms with van der Waals surface area (Å²) >= 11 is 11.7. The van der Waals surface area contributed by atoms with Crippen molar-refractivity contribution in [3.63, 3.8) is 0 Å². The molecule has 0 heterocycles.